The number of hydrogen-bond donors (Lipinski definition) is 3. The first kappa shape index (κ1) is 15.6. The van der Waals surface area contributed by atoms with Crippen molar-refractivity contribution in [2.24, 2.45) is 7.05 Å². The predicted molar refractivity (Wildman–Crippen MR) is 83.7 cm³/mol. The van der Waals surface area contributed by atoms with Gasteiger partial charge in [0.2, 0.25) is 0 Å². The van der Waals surface area contributed by atoms with Gasteiger partial charge in [-0.3, -0.25) is 4.68 Å². The molecule has 2 amide bonds. The Balaban J connectivity index is 1.58. The molecule has 0 saturated carbocycles. The van der Waals surface area contributed by atoms with E-state index in [-0.39, 0.29) is 18.6 Å². The highest BCUT2D eigenvalue weighted by molar-refractivity contribution is 5.74. The van der Waals surface area contributed by atoms with E-state index in [1.54, 1.807) is 19.1 Å². The molecule has 2 atom stereocenters. The van der Waals surface area contributed by atoms with Gasteiger partial charge in [-0.25, -0.2) is 4.79 Å². The molecule has 0 spiro atoms. The van der Waals surface area contributed by atoms with Crippen LogP contribution in [-0.4, -0.2) is 27.5 Å². The Kier molecular flexibility index (Phi) is 4.12. The van der Waals surface area contributed by atoms with Crippen molar-refractivity contribution in [3.63, 3.8) is 0 Å². The lowest BCUT2D eigenvalue weighted by Crippen LogP contribution is -2.44. The minimum atomic E-state index is -1.24. The van der Waals surface area contributed by atoms with Crippen LogP contribution in [0.4, 0.5) is 4.79 Å². The smallest absolute Gasteiger partial charge is 0.315 e. The molecule has 23 heavy (non-hydrogen) atoms. The van der Waals surface area contributed by atoms with Crippen molar-refractivity contribution in [1.29, 1.82) is 0 Å². The second-order valence-electron chi connectivity index (χ2n) is 6.19. The van der Waals surface area contributed by atoms with E-state index < -0.39 is 5.60 Å². The van der Waals surface area contributed by atoms with Gasteiger partial charge in [-0.15, -0.1) is 0 Å². The van der Waals surface area contributed by atoms with Crippen LogP contribution in [0.5, 0.6) is 0 Å². The van der Waals surface area contributed by atoms with Gasteiger partial charge in [-0.05, 0) is 38.3 Å². The highest BCUT2D eigenvalue weighted by Gasteiger charge is 2.28. The summed E-state index contributed by atoms with van der Waals surface area (Å²) < 4.78 is 7.06. The number of carbonyl (C=O) groups excluding carboxylic acids is 1. The van der Waals surface area contributed by atoms with Gasteiger partial charge in [-0.2, -0.15) is 5.10 Å². The van der Waals surface area contributed by atoms with Crippen LogP contribution in [0.15, 0.2) is 29.0 Å². The molecule has 3 rings (SSSR count). The van der Waals surface area contributed by atoms with Crippen LogP contribution in [0, 0.1) is 0 Å². The van der Waals surface area contributed by atoms with E-state index in [9.17, 15) is 9.90 Å². The Morgan fingerprint density at radius 2 is 2.43 bits per heavy atom. The second kappa shape index (κ2) is 6.08. The third-order valence-electron chi connectivity index (χ3n) is 4.33. The van der Waals surface area contributed by atoms with E-state index in [1.807, 2.05) is 17.9 Å². The Labute approximate surface area is 134 Å². The minimum Gasteiger partial charge on any atom is -0.466 e. The molecule has 1 aliphatic rings. The Bertz CT molecular complexity index is 676. The molecule has 2 aromatic rings. The number of aryl methyl sites for hydroxylation is 1. The molecule has 124 valence electrons. The molecule has 2 heterocycles. The maximum Gasteiger partial charge on any atom is 0.315 e. The molecule has 0 fully saturated rings. The van der Waals surface area contributed by atoms with E-state index in [0.717, 1.165) is 24.8 Å². The minimum absolute atomic E-state index is 0.0407. The Morgan fingerprint density at radius 3 is 3.17 bits per heavy atom. The number of amides is 2. The summed E-state index contributed by atoms with van der Waals surface area (Å²) in [7, 11) is 1.92. The topological polar surface area (TPSA) is 92.3 Å². The Hall–Kier alpha value is -2.28. The zero-order valence-corrected chi connectivity index (χ0v) is 13.4. The number of carbonyl (C=O) groups is 1. The van der Waals surface area contributed by atoms with Crippen LogP contribution in [0.2, 0.25) is 0 Å². The first-order valence-electron chi connectivity index (χ1n) is 7.79. The number of urea groups is 1. The fraction of sp³-hybridized carbons (Fsp3) is 0.500. The number of hydrogen-bond acceptors (Lipinski definition) is 4. The Morgan fingerprint density at radius 1 is 1.61 bits per heavy atom. The number of aliphatic hydroxyl groups is 1. The normalized spacial score (nSPS) is 19.7. The van der Waals surface area contributed by atoms with Crippen molar-refractivity contribution in [2.45, 2.75) is 37.8 Å². The summed E-state index contributed by atoms with van der Waals surface area (Å²) in [6, 6.07) is 3.04. The van der Waals surface area contributed by atoms with Gasteiger partial charge in [0, 0.05) is 18.3 Å². The maximum atomic E-state index is 12.2. The van der Waals surface area contributed by atoms with Crippen LogP contribution in [0.1, 0.15) is 42.8 Å². The summed E-state index contributed by atoms with van der Waals surface area (Å²) in [6.45, 7) is 1.67. The van der Waals surface area contributed by atoms with Gasteiger partial charge < -0.3 is 20.2 Å². The number of rotatable bonds is 4. The van der Waals surface area contributed by atoms with E-state index in [2.05, 4.69) is 15.7 Å². The fourth-order valence-corrected chi connectivity index (χ4v) is 2.99. The van der Waals surface area contributed by atoms with Crippen LogP contribution in [-0.2, 0) is 19.1 Å². The summed E-state index contributed by atoms with van der Waals surface area (Å²) in [6.07, 6.45) is 6.20. The van der Waals surface area contributed by atoms with Crippen molar-refractivity contribution in [3.05, 3.63) is 41.6 Å². The molecular weight excluding hydrogens is 296 g/mol. The second-order valence-corrected chi connectivity index (χ2v) is 6.19. The van der Waals surface area contributed by atoms with Gasteiger partial charge >= 0.3 is 6.03 Å². The summed E-state index contributed by atoms with van der Waals surface area (Å²) in [5.74, 6) is 0.421. The molecule has 0 saturated heterocycles. The van der Waals surface area contributed by atoms with Crippen LogP contribution < -0.4 is 10.6 Å². The van der Waals surface area contributed by atoms with E-state index >= 15 is 0 Å². The van der Waals surface area contributed by atoms with Crippen molar-refractivity contribution in [2.75, 3.05) is 6.54 Å². The number of furan rings is 1. The maximum absolute atomic E-state index is 12.2. The number of aromatic nitrogens is 2. The molecule has 2 aromatic heterocycles. The van der Waals surface area contributed by atoms with Gasteiger partial charge in [0.05, 0.1) is 25.0 Å². The predicted octanol–water partition coefficient (Wildman–Crippen LogP) is 1.60. The average Bonchev–Trinajstić information content (AvgIpc) is 3.17. The zero-order valence-electron chi connectivity index (χ0n) is 13.4. The van der Waals surface area contributed by atoms with E-state index in [0.29, 0.717) is 5.76 Å². The van der Waals surface area contributed by atoms with Crippen LogP contribution in [0.25, 0.3) is 0 Å². The zero-order chi connectivity index (χ0) is 16.4. The molecule has 1 aliphatic carbocycles. The lowest BCUT2D eigenvalue weighted by Gasteiger charge is -2.25. The quantitative estimate of drug-likeness (QED) is 0.798. The molecule has 3 N–H and O–H groups in total. The first-order chi connectivity index (χ1) is 11.0. The average molecular weight is 318 g/mol. The molecule has 0 unspecified atom stereocenters. The molecular formula is C16H22N4O3. The molecule has 0 radical (unpaired) electrons. The van der Waals surface area contributed by atoms with Gasteiger partial charge in [-0.1, -0.05) is 0 Å². The van der Waals surface area contributed by atoms with Crippen LogP contribution >= 0.6 is 0 Å². The monoisotopic (exact) mass is 318 g/mol. The van der Waals surface area contributed by atoms with E-state index in [4.69, 9.17) is 4.42 Å². The molecule has 7 heteroatoms. The third kappa shape index (κ3) is 3.24. The van der Waals surface area contributed by atoms with Crippen molar-refractivity contribution < 1.29 is 14.3 Å². The molecule has 0 aromatic carbocycles. The standard InChI is InChI=1S/C16H22N4O3/c1-16(22,14-7-4-8-23-14)10-17-15(21)19-12-5-3-6-13-11(12)9-18-20(13)2/h4,7-9,12,22H,3,5-6,10H2,1-2H3,(H2,17,19,21)/t12-,16+/m1/s1. The van der Waals surface area contributed by atoms with Crippen molar-refractivity contribution in [3.8, 4) is 0 Å². The lowest BCUT2D eigenvalue weighted by atomic mass is 9.93. The van der Waals surface area contributed by atoms with Gasteiger partial charge in [0.15, 0.2) is 0 Å². The molecule has 7 nitrogen and oxygen atoms in total. The highest BCUT2D eigenvalue weighted by atomic mass is 16.4. The van der Waals surface area contributed by atoms with Gasteiger partial charge in [0.1, 0.15) is 11.4 Å². The van der Waals surface area contributed by atoms with Crippen molar-refractivity contribution in [1.82, 2.24) is 20.4 Å². The lowest BCUT2D eigenvalue weighted by molar-refractivity contribution is 0.0366. The highest BCUT2D eigenvalue weighted by Crippen LogP contribution is 2.29. The number of fused-ring (bicyclic) bond motifs is 1. The summed E-state index contributed by atoms with van der Waals surface area (Å²) in [5, 5.41) is 20.3. The summed E-state index contributed by atoms with van der Waals surface area (Å²) in [4.78, 5) is 12.2. The SMILES string of the molecule is Cn1ncc2c1CCC[C@H]2NC(=O)NC[C@](C)(O)c1ccco1. The van der Waals surface area contributed by atoms with Crippen molar-refractivity contribution >= 4 is 6.03 Å². The first-order valence-corrected chi connectivity index (χ1v) is 7.79. The van der Waals surface area contributed by atoms with E-state index in [1.165, 1.54) is 12.0 Å². The van der Waals surface area contributed by atoms with Crippen LogP contribution in [0.3, 0.4) is 0 Å². The third-order valence-corrected chi connectivity index (χ3v) is 4.33. The summed E-state index contributed by atoms with van der Waals surface area (Å²) in [5.41, 5.74) is 1.00. The number of nitrogens with one attached hydrogen (secondary N) is 2. The molecule has 0 aliphatic heterocycles. The largest absolute Gasteiger partial charge is 0.466 e. The fourth-order valence-electron chi connectivity index (χ4n) is 2.99. The molecule has 0 bridgehead atoms. The number of nitrogens with zero attached hydrogens (tertiary/aromatic N) is 2. The van der Waals surface area contributed by atoms with Gasteiger partial charge in [0.25, 0.3) is 0 Å². The summed E-state index contributed by atoms with van der Waals surface area (Å²) >= 11 is 0.